The third-order valence-corrected chi connectivity index (χ3v) is 2.12. The molecule has 0 aromatic heterocycles. The normalized spacial score (nSPS) is 14.3. The largest absolute Gasteiger partial charge is 0.388 e. The quantitative estimate of drug-likeness (QED) is 0.574. The van der Waals surface area contributed by atoms with Gasteiger partial charge in [-0.25, -0.2) is 0 Å². The summed E-state index contributed by atoms with van der Waals surface area (Å²) in [5, 5.41) is 9.61. The van der Waals surface area contributed by atoms with Crippen LogP contribution in [-0.2, 0) is 0 Å². The summed E-state index contributed by atoms with van der Waals surface area (Å²) in [6.45, 7) is 3.81. The average molecular weight is 200 g/mol. The van der Waals surface area contributed by atoms with Crippen molar-refractivity contribution in [2.75, 3.05) is 0 Å². The van der Waals surface area contributed by atoms with E-state index < -0.39 is 6.10 Å². The molecule has 0 amide bonds. The van der Waals surface area contributed by atoms with Gasteiger partial charge in [-0.1, -0.05) is 42.2 Å². The molecule has 0 saturated heterocycles. The van der Waals surface area contributed by atoms with Gasteiger partial charge in [0.2, 0.25) is 0 Å². The van der Waals surface area contributed by atoms with Crippen molar-refractivity contribution in [2.45, 2.75) is 20.0 Å². The predicted octanol–water partition coefficient (Wildman–Crippen LogP) is 2.61. The molecule has 0 radical (unpaired) electrons. The smallest absolute Gasteiger partial charge is 0.0855 e. The fourth-order valence-corrected chi connectivity index (χ4v) is 1.17. The molecule has 0 aliphatic heterocycles. The molecule has 15 heavy (non-hydrogen) atoms. The van der Waals surface area contributed by atoms with Crippen molar-refractivity contribution in [3.8, 4) is 11.8 Å². The number of benzene rings is 1. The molecule has 0 bridgehead atoms. The Morgan fingerprint density at radius 3 is 2.53 bits per heavy atom. The van der Waals surface area contributed by atoms with Crippen LogP contribution in [0.1, 0.15) is 19.4 Å². The van der Waals surface area contributed by atoms with Crippen molar-refractivity contribution in [1.82, 2.24) is 0 Å². The van der Waals surface area contributed by atoms with Crippen molar-refractivity contribution >= 4 is 0 Å². The first-order valence-corrected chi connectivity index (χ1v) is 5.11. The molecule has 0 aliphatic rings. The second kappa shape index (κ2) is 6.06. The lowest BCUT2D eigenvalue weighted by Crippen LogP contribution is -2.12. The third kappa shape index (κ3) is 4.01. The molecule has 2 atom stereocenters. The van der Waals surface area contributed by atoms with Gasteiger partial charge in [0.05, 0.1) is 6.10 Å². The highest BCUT2D eigenvalue weighted by Gasteiger charge is 2.06. The Balaban J connectivity index is 2.66. The van der Waals surface area contributed by atoms with Gasteiger partial charge < -0.3 is 5.11 Å². The van der Waals surface area contributed by atoms with E-state index in [1.54, 1.807) is 6.08 Å². The summed E-state index contributed by atoms with van der Waals surface area (Å²) < 4.78 is 0. The molecule has 78 valence electrons. The Morgan fingerprint density at radius 2 is 1.93 bits per heavy atom. The lowest BCUT2D eigenvalue weighted by molar-refractivity contribution is 0.189. The van der Waals surface area contributed by atoms with E-state index in [-0.39, 0.29) is 5.92 Å². The van der Waals surface area contributed by atoms with Crippen molar-refractivity contribution < 1.29 is 5.11 Å². The molecule has 1 rings (SSSR count). The highest BCUT2D eigenvalue weighted by atomic mass is 16.3. The summed E-state index contributed by atoms with van der Waals surface area (Å²) in [6, 6.07) is 9.79. The maximum Gasteiger partial charge on any atom is 0.0855 e. The van der Waals surface area contributed by atoms with Gasteiger partial charge in [-0.2, -0.15) is 0 Å². The van der Waals surface area contributed by atoms with Gasteiger partial charge in [0, 0.05) is 11.5 Å². The molecule has 0 fully saturated rings. The summed E-state index contributed by atoms with van der Waals surface area (Å²) in [6.07, 6.45) is 3.11. The van der Waals surface area contributed by atoms with Crippen LogP contribution >= 0.6 is 0 Å². The molecule has 0 spiro atoms. The molecule has 2 unspecified atom stereocenters. The summed E-state index contributed by atoms with van der Waals surface area (Å²) in [5.74, 6) is 6.03. The van der Waals surface area contributed by atoms with Gasteiger partial charge >= 0.3 is 0 Å². The topological polar surface area (TPSA) is 20.2 Å². The zero-order valence-electron chi connectivity index (χ0n) is 9.14. The maximum absolute atomic E-state index is 9.61. The summed E-state index contributed by atoms with van der Waals surface area (Å²) in [7, 11) is 0. The Hall–Kier alpha value is -1.52. The standard InChI is InChI=1S/C14H16O/c1-3-7-14(15)12(2)10-11-13-8-5-4-6-9-13/h3-9,12,14-15H,1-2H3/b7-3+. The molecule has 1 heteroatoms. The molecular weight excluding hydrogens is 184 g/mol. The minimum atomic E-state index is -0.480. The van der Waals surface area contributed by atoms with Crippen molar-refractivity contribution in [2.24, 2.45) is 5.92 Å². The lowest BCUT2D eigenvalue weighted by Gasteiger charge is -2.07. The monoisotopic (exact) mass is 200 g/mol. The first kappa shape index (κ1) is 11.6. The van der Waals surface area contributed by atoms with Crippen LogP contribution in [0.15, 0.2) is 42.5 Å². The fourth-order valence-electron chi connectivity index (χ4n) is 1.17. The molecule has 1 N–H and O–H groups in total. The van der Waals surface area contributed by atoms with E-state index in [1.165, 1.54) is 0 Å². The van der Waals surface area contributed by atoms with Crippen LogP contribution in [0, 0.1) is 17.8 Å². The van der Waals surface area contributed by atoms with Gasteiger partial charge in [-0.3, -0.25) is 0 Å². The summed E-state index contributed by atoms with van der Waals surface area (Å²) in [4.78, 5) is 0. The lowest BCUT2D eigenvalue weighted by atomic mass is 10.0. The first-order chi connectivity index (χ1) is 7.24. The molecular formula is C14H16O. The number of hydrogen-bond acceptors (Lipinski definition) is 1. The number of aliphatic hydroxyl groups is 1. The molecule has 1 nitrogen and oxygen atoms in total. The zero-order chi connectivity index (χ0) is 11.1. The minimum Gasteiger partial charge on any atom is -0.388 e. The SMILES string of the molecule is C/C=C/C(O)C(C)C#Cc1ccccc1. The highest BCUT2D eigenvalue weighted by Crippen LogP contribution is 2.03. The van der Waals surface area contributed by atoms with Crippen molar-refractivity contribution in [1.29, 1.82) is 0 Å². The van der Waals surface area contributed by atoms with Gasteiger partial charge in [-0.15, -0.1) is 0 Å². The van der Waals surface area contributed by atoms with Gasteiger partial charge in [0.15, 0.2) is 0 Å². The second-order valence-corrected chi connectivity index (χ2v) is 3.44. The fraction of sp³-hybridized carbons (Fsp3) is 0.286. The van der Waals surface area contributed by atoms with Crippen LogP contribution in [0.4, 0.5) is 0 Å². The number of allylic oxidation sites excluding steroid dienone is 1. The van der Waals surface area contributed by atoms with Gasteiger partial charge in [0.1, 0.15) is 0 Å². The number of aliphatic hydroxyl groups excluding tert-OH is 1. The Morgan fingerprint density at radius 1 is 1.27 bits per heavy atom. The van der Waals surface area contributed by atoms with E-state index in [0.29, 0.717) is 0 Å². The van der Waals surface area contributed by atoms with Crippen LogP contribution in [-0.4, -0.2) is 11.2 Å². The average Bonchev–Trinajstić information content (AvgIpc) is 2.27. The van der Waals surface area contributed by atoms with Crippen LogP contribution in [0.3, 0.4) is 0 Å². The molecule has 0 heterocycles. The minimum absolute atomic E-state index is 0.0404. The highest BCUT2D eigenvalue weighted by molar-refractivity contribution is 5.34. The Labute approximate surface area is 91.5 Å². The maximum atomic E-state index is 9.61. The van der Waals surface area contributed by atoms with Gasteiger partial charge in [-0.05, 0) is 26.0 Å². The number of hydrogen-bond donors (Lipinski definition) is 1. The Kier molecular flexibility index (Phi) is 4.66. The van der Waals surface area contributed by atoms with Crippen molar-refractivity contribution in [3.63, 3.8) is 0 Å². The third-order valence-electron chi connectivity index (χ3n) is 2.12. The summed E-state index contributed by atoms with van der Waals surface area (Å²) >= 11 is 0. The van der Waals surface area contributed by atoms with E-state index >= 15 is 0 Å². The van der Waals surface area contributed by atoms with E-state index in [2.05, 4.69) is 11.8 Å². The summed E-state index contributed by atoms with van der Waals surface area (Å²) in [5.41, 5.74) is 0.983. The van der Waals surface area contributed by atoms with E-state index in [9.17, 15) is 5.11 Å². The molecule has 0 aliphatic carbocycles. The number of rotatable bonds is 2. The van der Waals surface area contributed by atoms with E-state index in [1.807, 2.05) is 50.3 Å². The predicted molar refractivity (Wildman–Crippen MR) is 63.3 cm³/mol. The molecule has 1 aromatic rings. The van der Waals surface area contributed by atoms with Crippen LogP contribution in [0.2, 0.25) is 0 Å². The Bertz CT molecular complexity index is 367. The van der Waals surface area contributed by atoms with E-state index in [4.69, 9.17) is 0 Å². The van der Waals surface area contributed by atoms with Crippen LogP contribution < -0.4 is 0 Å². The van der Waals surface area contributed by atoms with Crippen LogP contribution in [0.5, 0.6) is 0 Å². The van der Waals surface area contributed by atoms with Gasteiger partial charge in [0.25, 0.3) is 0 Å². The van der Waals surface area contributed by atoms with Crippen LogP contribution in [0.25, 0.3) is 0 Å². The van der Waals surface area contributed by atoms with E-state index in [0.717, 1.165) is 5.56 Å². The van der Waals surface area contributed by atoms with Crippen molar-refractivity contribution in [3.05, 3.63) is 48.0 Å². The molecule has 0 saturated carbocycles. The zero-order valence-corrected chi connectivity index (χ0v) is 9.14. The second-order valence-electron chi connectivity index (χ2n) is 3.44. The first-order valence-electron chi connectivity index (χ1n) is 5.11. The molecule has 1 aromatic carbocycles.